The number of halogens is 2. The van der Waals surface area contributed by atoms with Crippen molar-refractivity contribution >= 4 is 11.6 Å². The van der Waals surface area contributed by atoms with Crippen LogP contribution < -0.4 is 10.1 Å². The number of alkyl halides is 2. The first-order valence-corrected chi connectivity index (χ1v) is 8.11. The van der Waals surface area contributed by atoms with Gasteiger partial charge in [-0.1, -0.05) is 48.0 Å². The monoisotopic (exact) mass is 354 g/mol. The van der Waals surface area contributed by atoms with Crippen molar-refractivity contribution in [3.05, 3.63) is 77.6 Å². The molecule has 1 aromatic heterocycles. The number of anilines is 1. The Labute approximate surface area is 148 Å². The molecule has 0 unspecified atom stereocenters. The zero-order chi connectivity index (χ0) is 18.1. The van der Waals surface area contributed by atoms with Gasteiger partial charge in [-0.15, -0.1) is 0 Å². The van der Waals surface area contributed by atoms with Crippen LogP contribution in [0.1, 0.15) is 22.7 Å². The summed E-state index contributed by atoms with van der Waals surface area (Å²) in [4.78, 5) is 4.23. The van der Waals surface area contributed by atoms with E-state index in [1.54, 1.807) is 22.9 Å². The summed E-state index contributed by atoms with van der Waals surface area (Å²) >= 11 is 0. The molecule has 0 fully saturated rings. The van der Waals surface area contributed by atoms with E-state index in [0.29, 0.717) is 11.5 Å². The van der Waals surface area contributed by atoms with Gasteiger partial charge in [0.15, 0.2) is 0 Å². The van der Waals surface area contributed by atoms with Crippen LogP contribution in [0.5, 0.6) is 5.75 Å². The summed E-state index contributed by atoms with van der Waals surface area (Å²) in [6, 6.07) is 14.3. The quantitative estimate of drug-likeness (QED) is 0.761. The average molecular weight is 354 g/mol. The van der Waals surface area contributed by atoms with Gasteiger partial charge >= 0.3 is 6.61 Å². The molecule has 7 heteroatoms. The van der Waals surface area contributed by atoms with E-state index in [1.165, 1.54) is 12.4 Å². The topological polar surface area (TPSA) is 52.0 Å². The second kappa shape index (κ2) is 6.59. The summed E-state index contributed by atoms with van der Waals surface area (Å²) in [7, 11) is 0. The van der Waals surface area contributed by atoms with E-state index in [1.807, 2.05) is 37.3 Å². The van der Waals surface area contributed by atoms with Gasteiger partial charge in [0.25, 0.3) is 0 Å². The molecule has 26 heavy (non-hydrogen) atoms. The molecule has 0 saturated heterocycles. The van der Waals surface area contributed by atoms with Crippen molar-refractivity contribution in [2.75, 3.05) is 5.32 Å². The lowest BCUT2D eigenvalue weighted by atomic mass is 10.0. The zero-order valence-corrected chi connectivity index (χ0v) is 13.9. The molecule has 1 aliphatic rings. The lowest BCUT2D eigenvalue weighted by Crippen LogP contribution is -2.21. The van der Waals surface area contributed by atoms with Gasteiger partial charge < -0.3 is 10.1 Å². The Balaban J connectivity index is 1.81. The predicted molar refractivity (Wildman–Crippen MR) is 94.0 cm³/mol. The molecule has 0 bridgehead atoms. The van der Waals surface area contributed by atoms with Crippen molar-refractivity contribution in [3.63, 3.8) is 0 Å². The number of allylic oxidation sites excluding steroid dienone is 1. The van der Waals surface area contributed by atoms with Crippen LogP contribution in [0.25, 0.3) is 5.70 Å². The third kappa shape index (κ3) is 3.03. The maximum Gasteiger partial charge on any atom is 0.387 e. The number of nitrogens with one attached hydrogen (secondary N) is 1. The normalized spacial score (nSPS) is 16.0. The fourth-order valence-corrected chi connectivity index (χ4v) is 2.98. The lowest BCUT2D eigenvalue weighted by Gasteiger charge is -2.25. The number of aromatic nitrogens is 3. The number of nitrogens with zero attached hydrogens (tertiary/aromatic N) is 3. The summed E-state index contributed by atoms with van der Waals surface area (Å²) in [5.41, 5.74) is 3.55. The number of ether oxygens (including phenoxy) is 1. The first-order valence-electron chi connectivity index (χ1n) is 8.11. The second-order valence-corrected chi connectivity index (χ2v) is 5.96. The third-order valence-electron chi connectivity index (χ3n) is 4.22. The van der Waals surface area contributed by atoms with E-state index >= 15 is 0 Å². The SMILES string of the molecule is Cc1ccc(C2=C[C@H](c3ccccc3OC(F)F)n3ncnc3N2)cc1. The van der Waals surface area contributed by atoms with Crippen LogP contribution in [0.15, 0.2) is 60.9 Å². The Kier molecular flexibility index (Phi) is 4.12. The van der Waals surface area contributed by atoms with Gasteiger partial charge in [0.05, 0.1) is 0 Å². The van der Waals surface area contributed by atoms with Crippen molar-refractivity contribution in [1.82, 2.24) is 14.8 Å². The van der Waals surface area contributed by atoms with E-state index in [2.05, 4.69) is 15.4 Å². The minimum atomic E-state index is -2.89. The molecule has 4 rings (SSSR count). The Morgan fingerprint density at radius 2 is 1.88 bits per heavy atom. The first kappa shape index (κ1) is 16.3. The van der Waals surface area contributed by atoms with Crippen molar-refractivity contribution in [2.45, 2.75) is 19.6 Å². The largest absolute Gasteiger partial charge is 0.434 e. The highest BCUT2D eigenvalue weighted by Gasteiger charge is 2.26. The molecular formula is C19H16F2N4O. The molecule has 0 amide bonds. The molecule has 0 saturated carbocycles. The fraction of sp³-hybridized carbons (Fsp3) is 0.158. The van der Waals surface area contributed by atoms with Gasteiger partial charge in [0.1, 0.15) is 18.1 Å². The minimum Gasteiger partial charge on any atom is -0.434 e. The second-order valence-electron chi connectivity index (χ2n) is 5.96. The Hall–Kier alpha value is -3.22. The average Bonchev–Trinajstić information content (AvgIpc) is 3.10. The summed E-state index contributed by atoms with van der Waals surface area (Å²) < 4.78 is 31.9. The van der Waals surface area contributed by atoms with E-state index < -0.39 is 12.7 Å². The predicted octanol–water partition coefficient (Wildman–Crippen LogP) is 4.24. The first-order chi connectivity index (χ1) is 12.6. The highest BCUT2D eigenvalue weighted by atomic mass is 19.3. The van der Waals surface area contributed by atoms with Crippen LogP contribution in [0, 0.1) is 6.92 Å². The van der Waals surface area contributed by atoms with Gasteiger partial charge in [-0.3, -0.25) is 0 Å². The van der Waals surface area contributed by atoms with Crippen molar-refractivity contribution in [3.8, 4) is 5.75 Å². The molecule has 2 heterocycles. The lowest BCUT2D eigenvalue weighted by molar-refractivity contribution is -0.0506. The maximum absolute atomic E-state index is 12.8. The third-order valence-corrected chi connectivity index (χ3v) is 4.22. The van der Waals surface area contributed by atoms with Gasteiger partial charge in [0.2, 0.25) is 5.95 Å². The van der Waals surface area contributed by atoms with Crippen LogP contribution in [-0.2, 0) is 0 Å². The van der Waals surface area contributed by atoms with Crippen LogP contribution >= 0.6 is 0 Å². The Morgan fingerprint density at radius 1 is 1.12 bits per heavy atom. The highest BCUT2D eigenvalue weighted by molar-refractivity contribution is 5.77. The molecule has 1 atom stereocenters. The van der Waals surface area contributed by atoms with E-state index in [-0.39, 0.29) is 5.75 Å². The number of para-hydroxylation sites is 1. The maximum atomic E-state index is 12.8. The highest BCUT2D eigenvalue weighted by Crippen LogP contribution is 2.36. The standard InChI is InChI=1S/C19H16F2N4O/c1-12-6-8-13(9-7-12)15-10-16(25-19(24-15)22-11-23-25)14-4-2-3-5-17(14)26-18(20)21/h2-11,16,18H,1H3,(H,22,23,24)/t16-/m1/s1. The number of fused-ring (bicyclic) bond motifs is 1. The molecule has 3 aromatic rings. The van der Waals surface area contributed by atoms with Crippen molar-refractivity contribution in [2.24, 2.45) is 0 Å². The molecular weight excluding hydrogens is 338 g/mol. The van der Waals surface area contributed by atoms with Crippen LogP contribution in [0.2, 0.25) is 0 Å². The minimum absolute atomic E-state index is 0.121. The van der Waals surface area contributed by atoms with Crippen molar-refractivity contribution in [1.29, 1.82) is 0 Å². The van der Waals surface area contributed by atoms with Crippen LogP contribution in [-0.4, -0.2) is 21.4 Å². The summed E-state index contributed by atoms with van der Waals surface area (Å²) in [6.45, 7) is -0.877. The molecule has 5 nitrogen and oxygen atoms in total. The van der Waals surface area contributed by atoms with E-state index in [0.717, 1.165) is 16.8 Å². The van der Waals surface area contributed by atoms with Gasteiger partial charge in [-0.05, 0) is 24.6 Å². The summed E-state index contributed by atoms with van der Waals surface area (Å²) in [6.07, 6.45) is 3.36. The number of hydrogen-bond acceptors (Lipinski definition) is 4. The Morgan fingerprint density at radius 3 is 2.65 bits per heavy atom. The number of benzene rings is 2. The summed E-state index contributed by atoms with van der Waals surface area (Å²) in [5.74, 6) is 0.662. The molecule has 1 aliphatic heterocycles. The Bertz CT molecular complexity index is 950. The number of rotatable bonds is 4. The number of hydrogen-bond donors (Lipinski definition) is 1. The number of aryl methyl sites for hydroxylation is 1. The zero-order valence-electron chi connectivity index (χ0n) is 13.9. The van der Waals surface area contributed by atoms with Crippen LogP contribution in [0.4, 0.5) is 14.7 Å². The smallest absolute Gasteiger partial charge is 0.387 e. The van der Waals surface area contributed by atoms with Gasteiger partial charge in [0, 0.05) is 11.3 Å². The molecule has 0 radical (unpaired) electrons. The van der Waals surface area contributed by atoms with E-state index in [4.69, 9.17) is 4.74 Å². The summed E-state index contributed by atoms with van der Waals surface area (Å²) in [5, 5.41) is 7.47. The molecule has 132 valence electrons. The van der Waals surface area contributed by atoms with Crippen LogP contribution in [0.3, 0.4) is 0 Å². The van der Waals surface area contributed by atoms with Gasteiger partial charge in [-0.2, -0.15) is 18.9 Å². The molecule has 0 spiro atoms. The van der Waals surface area contributed by atoms with Crippen molar-refractivity contribution < 1.29 is 13.5 Å². The molecule has 0 aliphatic carbocycles. The fourth-order valence-electron chi connectivity index (χ4n) is 2.98. The van der Waals surface area contributed by atoms with E-state index in [9.17, 15) is 8.78 Å². The molecule has 2 aromatic carbocycles. The van der Waals surface area contributed by atoms with Gasteiger partial charge in [-0.25, -0.2) is 4.68 Å². The molecule has 1 N–H and O–H groups in total.